The molecular formula is C16H28N2O2S. The molecule has 1 saturated heterocycles. The van der Waals surface area contributed by atoms with Gasteiger partial charge in [-0.3, -0.25) is 0 Å². The highest BCUT2D eigenvalue weighted by atomic mass is 32.2. The van der Waals surface area contributed by atoms with Crippen LogP contribution in [0.5, 0.6) is 0 Å². The minimum atomic E-state index is 0.00192. The zero-order valence-corrected chi connectivity index (χ0v) is 13.7. The molecule has 0 bridgehead atoms. The monoisotopic (exact) mass is 312 g/mol. The first-order valence-corrected chi connectivity index (χ1v) is 9.67. The second kappa shape index (κ2) is 7.23. The van der Waals surface area contributed by atoms with Gasteiger partial charge in [0.15, 0.2) is 0 Å². The summed E-state index contributed by atoms with van der Waals surface area (Å²) in [4.78, 5) is 12.0. The molecule has 2 amide bonds. The standard InChI is InChI=1S/C16H28N2O2S/c19-15(17-8-10-21-12-13-3-4-13)18-14-5-9-20-16(11-14)6-1-2-7-16/h13-14H,1-12H2,(H2,17,18,19)/t14-/m1/s1. The number of ether oxygens (including phenoxy) is 1. The van der Waals surface area contributed by atoms with Crippen LogP contribution in [-0.2, 0) is 4.74 Å². The lowest BCUT2D eigenvalue weighted by Crippen LogP contribution is -2.50. The molecule has 0 unspecified atom stereocenters. The third kappa shape index (κ3) is 4.78. The van der Waals surface area contributed by atoms with Crippen molar-refractivity contribution in [3.05, 3.63) is 0 Å². The third-order valence-electron chi connectivity index (χ3n) is 4.93. The summed E-state index contributed by atoms with van der Waals surface area (Å²) in [7, 11) is 0. The molecule has 1 atom stereocenters. The van der Waals surface area contributed by atoms with Crippen LogP contribution in [0, 0.1) is 5.92 Å². The maximum Gasteiger partial charge on any atom is 0.315 e. The predicted octanol–water partition coefficient (Wildman–Crippen LogP) is 2.92. The Morgan fingerprint density at radius 1 is 1.24 bits per heavy atom. The van der Waals surface area contributed by atoms with Crippen LogP contribution in [0.3, 0.4) is 0 Å². The summed E-state index contributed by atoms with van der Waals surface area (Å²) in [5.74, 6) is 3.27. The molecule has 0 aromatic carbocycles. The average Bonchev–Trinajstić information content (AvgIpc) is 3.19. The van der Waals surface area contributed by atoms with Crippen LogP contribution in [-0.4, -0.2) is 42.3 Å². The zero-order chi connectivity index (χ0) is 14.5. The van der Waals surface area contributed by atoms with Gasteiger partial charge in [0, 0.05) is 24.9 Å². The number of hydrogen-bond donors (Lipinski definition) is 2. The molecule has 1 spiro atoms. The second-order valence-corrected chi connectivity index (χ2v) is 8.00. The maximum absolute atomic E-state index is 12.0. The summed E-state index contributed by atoms with van der Waals surface area (Å²) in [6.45, 7) is 1.57. The number of carbonyl (C=O) groups is 1. The van der Waals surface area contributed by atoms with E-state index in [9.17, 15) is 4.79 Å². The van der Waals surface area contributed by atoms with Gasteiger partial charge in [-0.1, -0.05) is 12.8 Å². The van der Waals surface area contributed by atoms with Crippen LogP contribution >= 0.6 is 11.8 Å². The Balaban J connectivity index is 1.30. The summed E-state index contributed by atoms with van der Waals surface area (Å²) in [6, 6.07) is 0.290. The lowest BCUT2D eigenvalue weighted by Gasteiger charge is -2.38. The van der Waals surface area contributed by atoms with Gasteiger partial charge >= 0.3 is 6.03 Å². The van der Waals surface area contributed by atoms with E-state index in [0.29, 0.717) is 0 Å². The van der Waals surface area contributed by atoms with Crippen LogP contribution in [0.1, 0.15) is 51.4 Å². The molecule has 21 heavy (non-hydrogen) atoms. The van der Waals surface area contributed by atoms with Gasteiger partial charge in [0.2, 0.25) is 0 Å². The van der Waals surface area contributed by atoms with Crippen LogP contribution in [0.25, 0.3) is 0 Å². The van der Waals surface area contributed by atoms with Crippen molar-refractivity contribution in [3.8, 4) is 0 Å². The highest BCUT2D eigenvalue weighted by Gasteiger charge is 2.40. The Morgan fingerprint density at radius 2 is 2.05 bits per heavy atom. The van der Waals surface area contributed by atoms with Gasteiger partial charge < -0.3 is 15.4 Å². The number of urea groups is 1. The quantitative estimate of drug-likeness (QED) is 0.742. The number of rotatable bonds is 6. The summed E-state index contributed by atoms with van der Waals surface area (Å²) in [5, 5.41) is 6.13. The van der Waals surface area contributed by atoms with Crippen molar-refractivity contribution in [3.63, 3.8) is 0 Å². The van der Waals surface area contributed by atoms with E-state index in [2.05, 4.69) is 10.6 Å². The minimum absolute atomic E-state index is 0.00192. The Labute approximate surface area is 132 Å². The molecule has 5 heteroatoms. The molecule has 1 aliphatic heterocycles. The van der Waals surface area contributed by atoms with Gasteiger partial charge in [-0.25, -0.2) is 4.79 Å². The van der Waals surface area contributed by atoms with Crippen molar-refractivity contribution in [2.75, 3.05) is 24.7 Å². The van der Waals surface area contributed by atoms with Gasteiger partial charge in [-0.2, -0.15) is 11.8 Å². The fourth-order valence-corrected chi connectivity index (χ4v) is 4.61. The molecule has 3 rings (SSSR count). The SMILES string of the molecule is O=C(NCCSCC1CC1)N[C@@H]1CCOC2(CCCC2)C1. The molecular weight excluding hydrogens is 284 g/mol. The van der Waals surface area contributed by atoms with Gasteiger partial charge in [-0.15, -0.1) is 0 Å². The Bertz CT molecular complexity index is 354. The fourth-order valence-electron chi connectivity index (χ4n) is 3.53. The van der Waals surface area contributed by atoms with E-state index in [1.165, 1.54) is 44.3 Å². The molecule has 1 heterocycles. The molecule has 3 fully saturated rings. The van der Waals surface area contributed by atoms with Crippen LogP contribution in [0.2, 0.25) is 0 Å². The average molecular weight is 312 g/mol. The van der Waals surface area contributed by atoms with E-state index in [1.54, 1.807) is 0 Å². The molecule has 4 nitrogen and oxygen atoms in total. The van der Waals surface area contributed by atoms with Gasteiger partial charge in [0.05, 0.1) is 5.60 Å². The largest absolute Gasteiger partial charge is 0.375 e. The molecule has 3 aliphatic rings. The summed E-state index contributed by atoms with van der Waals surface area (Å²) in [5.41, 5.74) is 0.0797. The molecule has 2 N–H and O–H groups in total. The fraction of sp³-hybridized carbons (Fsp3) is 0.938. The highest BCUT2D eigenvalue weighted by Crippen LogP contribution is 2.39. The van der Waals surface area contributed by atoms with Crippen LogP contribution in [0.4, 0.5) is 4.79 Å². The number of hydrogen-bond acceptors (Lipinski definition) is 3. The van der Waals surface area contributed by atoms with E-state index >= 15 is 0 Å². The highest BCUT2D eigenvalue weighted by molar-refractivity contribution is 7.99. The minimum Gasteiger partial charge on any atom is -0.375 e. The Kier molecular flexibility index (Phi) is 5.33. The van der Waals surface area contributed by atoms with E-state index in [-0.39, 0.29) is 17.7 Å². The lowest BCUT2D eigenvalue weighted by atomic mass is 9.89. The van der Waals surface area contributed by atoms with Crippen molar-refractivity contribution in [2.24, 2.45) is 5.92 Å². The van der Waals surface area contributed by atoms with E-state index in [0.717, 1.165) is 37.7 Å². The predicted molar refractivity (Wildman–Crippen MR) is 86.8 cm³/mol. The smallest absolute Gasteiger partial charge is 0.315 e. The van der Waals surface area contributed by atoms with E-state index in [4.69, 9.17) is 4.74 Å². The first kappa shape index (κ1) is 15.5. The van der Waals surface area contributed by atoms with Gasteiger partial charge in [-0.05, 0) is 50.2 Å². The molecule has 0 aromatic heterocycles. The van der Waals surface area contributed by atoms with Gasteiger partial charge in [0.1, 0.15) is 0 Å². The van der Waals surface area contributed by atoms with Crippen LogP contribution in [0.15, 0.2) is 0 Å². The van der Waals surface area contributed by atoms with Crippen molar-refractivity contribution in [1.29, 1.82) is 0 Å². The molecule has 0 radical (unpaired) electrons. The van der Waals surface area contributed by atoms with Gasteiger partial charge in [0.25, 0.3) is 0 Å². The van der Waals surface area contributed by atoms with Crippen LogP contribution < -0.4 is 10.6 Å². The first-order chi connectivity index (χ1) is 10.3. The second-order valence-electron chi connectivity index (χ2n) is 6.85. The van der Waals surface area contributed by atoms with Crippen molar-refractivity contribution >= 4 is 17.8 Å². The third-order valence-corrected chi connectivity index (χ3v) is 6.13. The number of nitrogens with one attached hydrogen (secondary N) is 2. The maximum atomic E-state index is 12.0. The first-order valence-electron chi connectivity index (χ1n) is 8.52. The number of amides is 2. The van der Waals surface area contributed by atoms with Crippen molar-refractivity contribution in [2.45, 2.75) is 63.0 Å². The Morgan fingerprint density at radius 3 is 2.81 bits per heavy atom. The number of carbonyl (C=O) groups excluding carboxylic acids is 1. The summed E-state index contributed by atoms with van der Waals surface area (Å²) < 4.78 is 6.00. The van der Waals surface area contributed by atoms with E-state index < -0.39 is 0 Å². The van der Waals surface area contributed by atoms with Crippen molar-refractivity contribution in [1.82, 2.24) is 10.6 Å². The normalized spacial score (nSPS) is 27.7. The molecule has 2 aliphatic carbocycles. The topological polar surface area (TPSA) is 50.4 Å². The van der Waals surface area contributed by atoms with E-state index in [1.807, 2.05) is 11.8 Å². The zero-order valence-electron chi connectivity index (χ0n) is 12.9. The summed E-state index contributed by atoms with van der Waals surface area (Å²) in [6.07, 6.45) is 9.66. The van der Waals surface area contributed by atoms with Crippen molar-refractivity contribution < 1.29 is 9.53 Å². The number of thioether (sulfide) groups is 1. The molecule has 120 valence electrons. The molecule has 2 saturated carbocycles. The summed E-state index contributed by atoms with van der Waals surface area (Å²) >= 11 is 1.96. The lowest BCUT2D eigenvalue weighted by molar-refractivity contribution is -0.0820. The molecule has 0 aromatic rings. The Hall–Kier alpha value is -0.420.